The van der Waals surface area contributed by atoms with Crippen molar-refractivity contribution in [3.05, 3.63) is 29.8 Å². The van der Waals surface area contributed by atoms with Gasteiger partial charge in [-0.15, -0.1) is 0 Å². The highest BCUT2D eigenvalue weighted by molar-refractivity contribution is 5.30. The minimum Gasteiger partial charge on any atom is -0.486 e. The van der Waals surface area contributed by atoms with E-state index in [1.165, 1.54) is 12.1 Å². The zero-order chi connectivity index (χ0) is 11.8. The van der Waals surface area contributed by atoms with Crippen molar-refractivity contribution in [1.29, 1.82) is 0 Å². The van der Waals surface area contributed by atoms with Crippen LogP contribution in [0.2, 0.25) is 0 Å². The van der Waals surface area contributed by atoms with Gasteiger partial charge in [0.2, 0.25) is 0 Å². The van der Waals surface area contributed by atoms with Gasteiger partial charge in [0.15, 0.2) is 0 Å². The lowest BCUT2D eigenvalue weighted by atomic mass is 10.2. The molecule has 1 aromatic carbocycles. The molecule has 1 saturated carbocycles. The summed E-state index contributed by atoms with van der Waals surface area (Å²) in [6.45, 7) is 0.397. The first kappa shape index (κ1) is 11.3. The van der Waals surface area contributed by atoms with Crippen LogP contribution in [0.5, 0.6) is 5.75 Å². The first-order valence-electron chi connectivity index (χ1n) is 5.02. The van der Waals surface area contributed by atoms with Crippen LogP contribution in [0.15, 0.2) is 24.3 Å². The molecule has 0 saturated heterocycles. The monoisotopic (exact) mass is 231 g/mol. The second kappa shape index (κ2) is 3.66. The average molecular weight is 231 g/mol. The number of benzene rings is 1. The summed E-state index contributed by atoms with van der Waals surface area (Å²) in [5, 5.41) is 0. The Balaban J connectivity index is 2.08. The van der Waals surface area contributed by atoms with Crippen LogP contribution in [0.4, 0.5) is 13.2 Å². The molecular formula is C11H12F3NO. The Bertz CT molecular complexity index is 368. The minimum absolute atomic E-state index is 0.334. The van der Waals surface area contributed by atoms with Gasteiger partial charge in [-0.2, -0.15) is 13.2 Å². The topological polar surface area (TPSA) is 35.2 Å². The third-order valence-electron chi connectivity index (χ3n) is 2.70. The van der Waals surface area contributed by atoms with E-state index in [1.54, 1.807) is 0 Å². The molecule has 0 unspecified atom stereocenters. The molecule has 1 aromatic rings. The van der Waals surface area contributed by atoms with Crippen molar-refractivity contribution in [2.75, 3.05) is 6.54 Å². The minimum atomic E-state index is -4.30. The molecule has 88 valence electrons. The molecule has 0 atom stereocenters. The molecular weight excluding hydrogens is 219 g/mol. The van der Waals surface area contributed by atoms with Crippen LogP contribution < -0.4 is 10.5 Å². The van der Waals surface area contributed by atoms with Gasteiger partial charge in [0.05, 0.1) is 5.56 Å². The molecule has 1 fully saturated rings. The summed E-state index contributed by atoms with van der Waals surface area (Å²) in [7, 11) is 0. The zero-order valence-electron chi connectivity index (χ0n) is 8.55. The van der Waals surface area contributed by atoms with Crippen molar-refractivity contribution in [2.24, 2.45) is 5.73 Å². The molecule has 2 nitrogen and oxygen atoms in total. The van der Waals surface area contributed by atoms with Gasteiger partial charge in [0.1, 0.15) is 11.4 Å². The van der Waals surface area contributed by atoms with Crippen molar-refractivity contribution in [1.82, 2.24) is 0 Å². The van der Waals surface area contributed by atoms with E-state index in [9.17, 15) is 13.2 Å². The summed E-state index contributed by atoms with van der Waals surface area (Å²) in [6, 6.07) is 4.70. The highest BCUT2D eigenvalue weighted by Gasteiger charge is 2.44. The number of hydrogen-bond acceptors (Lipinski definition) is 2. The predicted octanol–water partition coefficient (Wildman–Crippen LogP) is 2.58. The largest absolute Gasteiger partial charge is 0.486 e. The Morgan fingerprint density at radius 1 is 1.19 bits per heavy atom. The fraction of sp³-hybridized carbons (Fsp3) is 0.455. The Kier molecular flexibility index (Phi) is 2.58. The van der Waals surface area contributed by atoms with E-state index < -0.39 is 11.7 Å². The molecule has 1 aliphatic carbocycles. The standard InChI is InChI=1S/C11H12F3NO/c12-11(13,14)8-1-3-9(4-2-8)16-10(7-15)5-6-10/h1-4H,5-7,15H2. The molecule has 5 heteroatoms. The molecule has 16 heavy (non-hydrogen) atoms. The van der Waals surface area contributed by atoms with Crippen LogP contribution in [0.1, 0.15) is 18.4 Å². The Morgan fingerprint density at radius 3 is 2.12 bits per heavy atom. The molecule has 0 spiro atoms. The first-order chi connectivity index (χ1) is 7.45. The van der Waals surface area contributed by atoms with Crippen LogP contribution >= 0.6 is 0 Å². The van der Waals surface area contributed by atoms with E-state index in [0.29, 0.717) is 12.3 Å². The molecule has 0 amide bonds. The molecule has 0 bridgehead atoms. The average Bonchev–Trinajstić information content (AvgIpc) is 2.98. The first-order valence-corrected chi connectivity index (χ1v) is 5.02. The molecule has 0 aliphatic heterocycles. The fourth-order valence-corrected chi connectivity index (χ4v) is 1.45. The van der Waals surface area contributed by atoms with Crippen molar-refractivity contribution in [3.8, 4) is 5.75 Å². The van der Waals surface area contributed by atoms with Crippen LogP contribution in [-0.4, -0.2) is 12.1 Å². The van der Waals surface area contributed by atoms with Gasteiger partial charge in [-0.1, -0.05) is 0 Å². The molecule has 0 aromatic heterocycles. The fourth-order valence-electron chi connectivity index (χ4n) is 1.45. The van der Waals surface area contributed by atoms with Crippen molar-refractivity contribution >= 4 is 0 Å². The summed E-state index contributed by atoms with van der Waals surface area (Å²) in [6.07, 6.45) is -2.57. The van der Waals surface area contributed by atoms with Crippen molar-refractivity contribution < 1.29 is 17.9 Å². The maximum Gasteiger partial charge on any atom is 0.416 e. The van der Waals surface area contributed by atoms with Gasteiger partial charge in [0, 0.05) is 6.54 Å². The highest BCUT2D eigenvalue weighted by Crippen LogP contribution is 2.39. The number of alkyl halides is 3. The summed E-state index contributed by atoms with van der Waals surface area (Å²) in [5.41, 5.74) is 4.51. The smallest absolute Gasteiger partial charge is 0.416 e. The quantitative estimate of drug-likeness (QED) is 0.867. The van der Waals surface area contributed by atoms with Gasteiger partial charge in [-0.25, -0.2) is 0 Å². The summed E-state index contributed by atoms with van der Waals surface area (Å²) in [5.74, 6) is 0.441. The van der Waals surface area contributed by atoms with Gasteiger partial charge in [-0.3, -0.25) is 0 Å². The molecule has 2 rings (SSSR count). The third kappa shape index (κ3) is 2.29. The van der Waals surface area contributed by atoms with E-state index >= 15 is 0 Å². The van der Waals surface area contributed by atoms with E-state index in [0.717, 1.165) is 25.0 Å². The maximum atomic E-state index is 12.3. The van der Waals surface area contributed by atoms with Crippen LogP contribution in [0, 0.1) is 0 Å². The number of nitrogens with two attached hydrogens (primary N) is 1. The van der Waals surface area contributed by atoms with Crippen LogP contribution in [0.3, 0.4) is 0 Å². The number of rotatable bonds is 3. The summed E-state index contributed by atoms with van der Waals surface area (Å²) >= 11 is 0. The van der Waals surface area contributed by atoms with Gasteiger partial charge in [-0.05, 0) is 37.1 Å². The number of ether oxygens (including phenoxy) is 1. The third-order valence-corrected chi connectivity index (χ3v) is 2.70. The Hall–Kier alpha value is -1.23. The second-order valence-electron chi connectivity index (χ2n) is 4.01. The normalized spacial score (nSPS) is 18.2. The SMILES string of the molecule is NCC1(Oc2ccc(C(F)(F)F)cc2)CC1. The summed E-state index contributed by atoms with van der Waals surface area (Å²) in [4.78, 5) is 0. The van der Waals surface area contributed by atoms with Crippen molar-refractivity contribution in [2.45, 2.75) is 24.6 Å². The van der Waals surface area contributed by atoms with Gasteiger partial charge >= 0.3 is 6.18 Å². The van der Waals surface area contributed by atoms with E-state index in [1.807, 2.05) is 0 Å². The Morgan fingerprint density at radius 2 is 1.75 bits per heavy atom. The molecule has 2 N–H and O–H groups in total. The zero-order valence-corrected chi connectivity index (χ0v) is 8.55. The lowest BCUT2D eigenvalue weighted by molar-refractivity contribution is -0.137. The number of halogens is 3. The predicted molar refractivity (Wildman–Crippen MR) is 53.1 cm³/mol. The van der Waals surface area contributed by atoms with Crippen molar-refractivity contribution in [3.63, 3.8) is 0 Å². The summed E-state index contributed by atoms with van der Waals surface area (Å²) < 4.78 is 42.4. The lowest BCUT2D eigenvalue weighted by Gasteiger charge is -2.16. The maximum absolute atomic E-state index is 12.3. The van der Waals surface area contributed by atoms with E-state index in [-0.39, 0.29) is 5.60 Å². The van der Waals surface area contributed by atoms with Gasteiger partial charge in [0.25, 0.3) is 0 Å². The Labute approximate surface area is 91.2 Å². The highest BCUT2D eigenvalue weighted by atomic mass is 19.4. The lowest BCUT2D eigenvalue weighted by Crippen LogP contribution is -2.28. The van der Waals surface area contributed by atoms with Crippen LogP contribution in [-0.2, 0) is 6.18 Å². The van der Waals surface area contributed by atoms with Crippen LogP contribution in [0.25, 0.3) is 0 Å². The molecule has 0 radical (unpaired) electrons. The molecule has 0 heterocycles. The van der Waals surface area contributed by atoms with E-state index in [4.69, 9.17) is 10.5 Å². The molecule has 1 aliphatic rings. The van der Waals surface area contributed by atoms with Gasteiger partial charge < -0.3 is 10.5 Å². The number of hydrogen-bond donors (Lipinski definition) is 1. The second-order valence-corrected chi connectivity index (χ2v) is 4.01. The van der Waals surface area contributed by atoms with E-state index in [2.05, 4.69) is 0 Å².